The van der Waals surface area contributed by atoms with E-state index >= 15 is 0 Å². The standard InChI is InChI=1S/C11H16N2.C10H14N2O.4C9H11N3.C9H10N2O.7C2H6/c1-8(2)9-5-7-13-11-10(9)4-3-6-12-11;1-7(2)8-3-4-11-10-9(8)13-6-5-12-10;1-7(2)8-3-5-10-9-4-6-11-12(8)9;1-7(2)8-5-10-6-9-11-3-4-12(8)9;1-7(2)8-3-4-12-9(5-8)10-6-11-12;2*1-6(2)7-3-4-10-9-8(7)11-5-12-9;7*1-2/h5,7-8H,3-4,6H2,1-2H3,(H,12,13);3-4,7H,5-6H2,1-2H3,(H,11,12);3*3-7H,1-2H3;3-6H,1-2H3,(H,10,11,12);3-6H,1-2H3;7*1-2H3. The summed E-state index contributed by atoms with van der Waals surface area (Å²) in [6, 6.07) is 16.2. The van der Waals surface area contributed by atoms with Crippen molar-refractivity contribution in [3.05, 3.63) is 181 Å². The van der Waals surface area contributed by atoms with Gasteiger partial charge in [-0.05, 0) is 125 Å². The van der Waals surface area contributed by atoms with Gasteiger partial charge in [0.2, 0.25) is 5.71 Å². The summed E-state index contributed by atoms with van der Waals surface area (Å²) in [7, 11) is 0. The van der Waals surface area contributed by atoms with Gasteiger partial charge >= 0.3 is 0 Å². The molecule has 0 saturated heterocycles. The molecule has 14 rings (SSSR count). The summed E-state index contributed by atoms with van der Waals surface area (Å²) in [6.07, 6.45) is 27.4. The van der Waals surface area contributed by atoms with E-state index in [0.717, 1.165) is 70.7 Å². The molecule has 0 fully saturated rings. The highest BCUT2D eigenvalue weighted by Gasteiger charge is 2.18. The van der Waals surface area contributed by atoms with Crippen molar-refractivity contribution in [2.45, 2.75) is 248 Å². The van der Waals surface area contributed by atoms with Crippen LogP contribution in [0, 0.1) is 0 Å². The normalized spacial score (nSPS) is 11.1. The molecule has 3 N–H and O–H groups in total. The van der Waals surface area contributed by atoms with Crippen LogP contribution in [0.15, 0.2) is 140 Å². The Labute approximate surface area is 600 Å². The molecule has 14 heterocycles. The number of hydrogen-bond acceptors (Lipinski definition) is 16. The Morgan fingerprint density at radius 2 is 1.03 bits per heavy atom. The van der Waals surface area contributed by atoms with Crippen molar-refractivity contribution in [2.75, 3.05) is 30.3 Å². The molecule has 12 aromatic rings. The summed E-state index contributed by atoms with van der Waals surface area (Å²) in [6.45, 7) is 61.0. The van der Waals surface area contributed by atoms with Crippen LogP contribution in [0.25, 0.3) is 39.3 Å². The number of aromatic amines is 1. The van der Waals surface area contributed by atoms with Crippen molar-refractivity contribution in [1.29, 1.82) is 0 Å². The zero-order valence-corrected chi connectivity index (χ0v) is 66.3. The third-order valence-electron chi connectivity index (χ3n) is 14.5. The summed E-state index contributed by atoms with van der Waals surface area (Å²) in [4.78, 5) is 44.7. The van der Waals surface area contributed by atoms with Gasteiger partial charge < -0.3 is 29.2 Å². The molecule has 0 aliphatic carbocycles. The second-order valence-electron chi connectivity index (χ2n) is 23.1. The summed E-state index contributed by atoms with van der Waals surface area (Å²) >= 11 is 0. The maximum absolute atomic E-state index is 5.59. The first kappa shape index (κ1) is 88.8. The van der Waals surface area contributed by atoms with Gasteiger partial charge in [0.25, 0.3) is 0 Å². The van der Waals surface area contributed by atoms with E-state index in [9.17, 15) is 0 Å². The van der Waals surface area contributed by atoms with Gasteiger partial charge in [-0.2, -0.15) is 10.2 Å². The smallest absolute Gasteiger partial charge is 0.246 e. The predicted molar refractivity (Wildman–Crippen MR) is 422 cm³/mol. The lowest BCUT2D eigenvalue weighted by Crippen LogP contribution is -2.20. The molecule has 0 aromatic carbocycles. The molecule has 0 bridgehead atoms. The van der Waals surface area contributed by atoms with E-state index in [0.29, 0.717) is 47.1 Å². The van der Waals surface area contributed by atoms with Gasteiger partial charge in [-0.25, -0.2) is 53.9 Å². The van der Waals surface area contributed by atoms with Crippen LogP contribution in [0.3, 0.4) is 0 Å². The van der Waals surface area contributed by atoms with Gasteiger partial charge in [-0.1, -0.05) is 194 Å². The van der Waals surface area contributed by atoms with Crippen LogP contribution in [0.1, 0.15) is 286 Å². The van der Waals surface area contributed by atoms with Crippen LogP contribution in [0.4, 0.5) is 11.6 Å². The van der Waals surface area contributed by atoms with Gasteiger partial charge in [-0.3, -0.25) is 4.98 Å². The summed E-state index contributed by atoms with van der Waals surface area (Å²) < 4.78 is 16.4. The molecule has 0 amide bonds. The molecule has 12 aromatic heterocycles. The fraction of sp³-hybridized carbons (Fsp3) is 0.500. The number of pyridine rings is 5. The molecule has 100 heavy (non-hydrogen) atoms. The SMILES string of the molecule is CC.CC.CC.CC.CC.CC.CC.CC(C)c1ccn2ncnc2c1.CC(C)c1ccnc2c1CCCN2.CC(C)c1ccnc2c1OCCN2.CC(C)c1ccnc2ccnn12.CC(C)c1ccnc2nc[nH]c12.CC(C)c1ccnc2ocnc12.CC(C)c1cncc2nccn12. The fourth-order valence-corrected chi connectivity index (χ4v) is 9.84. The number of oxazole rings is 1. The Morgan fingerprint density at radius 3 is 1.67 bits per heavy atom. The van der Waals surface area contributed by atoms with E-state index in [1.807, 2.05) is 169 Å². The molecular weight excluding hydrogens is 1250 g/mol. The minimum atomic E-state index is 0.459. The molecule has 20 heteroatoms. The zero-order chi connectivity index (χ0) is 75.3. The van der Waals surface area contributed by atoms with E-state index in [1.54, 1.807) is 48.2 Å². The van der Waals surface area contributed by atoms with E-state index in [1.165, 1.54) is 64.0 Å². The number of aromatic nitrogens is 16. The van der Waals surface area contributed by atoms with Crippen molar-refractivity contribution in [3.8, 4) is 5.75 Å². The highest BCUT2D eigenvalue weighted by Crippen LogP contribution is 2.34. The molecule has 0 saturated carbocycles. The molecule has 2 aliphatic rings. The van der Waals surface area contributed by atoms with Gasteiger partial charge in [0.1, 0.15) is 24.3 Å². The summed E-state index contributed by atoms with van der Waals surface area (Å²) in [5.41, 5.74) is 16.4. The molecule has 548 valence electrons. The number of nitrogens with zero attached hydrogens (tertiary/aromatic N) is 15. The number of imidazole rings is 2. The third kappa shape index (κ3) is 26.8. The van der Waals surface area contributed by atoms with Crippen LogP contribution in [0.2, 0.25) is 0 Å². The minimum Gasteiger partial charge on any atom is -0.488 e. The van der Waals surface area contributed by atoms with Crippen LogP contribution in [0.5, 0.6) is 5.75 Å². The van der Waals surface area contributed by atoms with Gasteiger partial charge in [0.05, 0.1) is 30.8 Å². The van der Waals surface area contributed by atoms with Gasteiger partial charge in [0.15, 0.2) is 40.5 Å². The lowest BCUT2D eigenvalue weighted by atomic mass is 9.94. The number of nitrogens with one attached hydrogen (secondary N) is 3. The average molecular weight is 1370 g/mol. The number of ether oxygens (including phenoxy) is 1. The molecule has 0 atom stereocenters. The number of H-pyrrole nitrogens is 1. The topological polar surface area (TPSA) is 230 Å². The Balaban J connectivity index is 0.000000566. The van der Waals surface area contributed by atoms with Crippen molar-refractivity contribution < 1.29 is 9.15 Å². The fourth-order valence-electron chi connectivity index (χ4n) is 9.84. The van der Waals surface area contributed by atoms with Crippen molar-refractivity contribution >= 4 is 51.0 Å². The predicted octanol–water partition coefficient (Wildman–Crippen LogP) is 21.7. The van der Waals surface area contributed by atoms with Crippen molar-refractivity contribution in [3.63, 3.8) is 0 Å². The maximum Gasteiger partial charge on any atom is 0.246 e. The third-order valence-corrected chi connectivity index (χ3v) is 14.5. The summed E-state index contributed by atoms with van der Waals surface area (Å²) in [5.74, 6) is 6.50. The lowest BCUT2D eigenvalue weighted by molar-refractivity contribution is 0.316. The number of rotatable bonds is 7. The minimum absolute atomic E-state index is 0.459. The average Bonchev–Trinajstić information content (AvgIpc) is 1.58. The number of hydrogen-bond donors (Lipinski definition) is 3. The number of fused-ring (bicyclic) bond motifs is 7. The van der Waals surface area contributed by atoms with Crippen molar-refractivity contribution in [2.24, 2.45) is 0 Å². The Bertz CT molecular complexity index is 3640. The molecule has 0 spiro atoms. The van der Waals surface area contributed by atoms with Gasteiger partial charge in [0, 0.05) is 85.3 Å². The van der Waals surface area contributed by atoms with Crippen LogP contribution < -0.4 is 15.4 Å². The molecule has 2 aliphatic heterocycles. The molecular formula is C80H126N18O2. The van der Waals surface area contributed by atoms with Gasteiger partial charge in [-0.15, -0.1) is 0 Å². The van der Waals surface area contributed by atoms with Crippen LogP contribution >= 0.6 is 0 Å². The van der Waals surface area contributed by atoms with Crippen molar-refractivity contribution in [1.82, 2.24) is 78.5 Å². The second kappa shape index (κ2) is 50.2. The Morgan fingerprint density at radius 1 is 0.450 bits per heavy atom. The maximum atomic E-state index is 5.59. The lowest BCUT2D eigenvalue weighted by Gasteiger charge is -2.21. The molecule has 0 unspecified atom stereocenters. The van der Waals surface area contributed by atoms with E-state index < -0.39 is 0 Å². The zero-order valence-electron chi connectivity index (χ0n) is 66.3. The summed E-state index contributed by atoms with van der Waals surface area (Å²) in [5, 5.41) is 14.8. The Hall–Kier alpha value is -9.20. The van der Waals surface area contributed by atoms with E-state index in [2.05, 4.69) is 195 Å². The van der Waals surface area contributed by atoms with E-state index in [4.69, 9.17) is 9.15 Å². The first-order chi connectivity index (χ1) is 48.5. The van der Waals surface area contributed by atoms with Crippen LogP contribution in [-0.4, -0.2) is 98.1 Å². The quantitative estimate of drug-likeness (QED) is 0.135. The van der Waals surface area contributed by atoms with Crippen LogP contribution in [-0.2, 0) is 6.42 Å². The largest absolute Gasteiger partial charge is 0.488 e. The first-order valence-electron chi connectivity index (χ1n) is 36.9. The van der Waals surface area contributed by atoms with E-state index in [-0.39, 0.29) is 0 Å². The Kier molecular flexibility index (Phi) is 44.6. The first-order valence-corrected chi connectivity index (χ1v) is 36.9. The highest BCUT2D eigenvalue weighted by molar-refractivity contribution is 5.74. The highest BCUT2D eigenvalue weighted by atomic mass is 16.5. The molecule has 0 radical (unpaired) electrons. The second-order valence-corrected chi connectivity index (χ2v) is 23.1. The number of anilines is 2. The molecule has 20 nitrogen and oxygen atoms in total. The monoisotopic (exact) mass is 1370 g/mol.